The molecule has 0 unspecified atom stereocenters. The minimum atomic E-state index is -3.91. The van der Waals surface area contributed by atoms with Crippen molar-refractivity contribution in [1.82, 2.24) is 0 Å². The van der Waals surface area contributed by atoms with Crippen LogP contribution in [0, 0.1) is 0 Å². The molecule has 2 aromatic carbocycles. The van der Waals surface area contributed by atoms with E-state index >= 15 is 0 Å². The second-order valence-electron chi connectivity index (χ2n) is 5.95. The van der Waals surface area contributed by atoms with E-state index < -0.39 is 16.0 Å². The van der Waals surface area contributed by atoms with Crippen LogP contribution in [-0.4, -0.2) is 48.0 Å². The lowest BCUT2D eigenvalue weighted by molar-refractivity contribution is -0.145. The van der Waals surface area contributed by atoms with Crippen LogP contribution in [-0.2, 0) is 19.6 Å². The minimum Gasteiger partial charge on any atom is -0.482 e. The summed E-state index contributed by atoms with van der Waals surface area (Å²) in [6.45, 7) is 1.68. The van der Waals surface area contributed by atoms with Gasteiger partial charge in [0.25, 0.3) is 10.0 Å². The number of hydrogen-bond donors (Lipinski definition) is 1. The molecule has 0 radical (unpaired) electrons. The van der Waals surface area contributed by atoms with Gasteiger partial charge in [-0.15, -0.1) is 0 Å². The number of esters is 1. The summed E-state index contributed by atoms with van der Waals surface area (Å²) >= 11 is 0. The average Bonchev–Trinajstić information content (AvgIpc) is 2.67. The van der Waals surface area contributed by atoms with Crippen LogP contribution in [0.25, 0.3) is 0 Å². The number of carbonyl (C=O) groups is 2. The Kier molecular flexibility index (Phi) is 7.00. The smallest absolute Gasteiger partial charge is 0.344 e. The maximum absolute atomic E-state index is 12.6. The van der Waals surface area contributed by atoms with E-state index in [1.54, 1.807) is 24.0 Å². The predicted molar refractivity (Wildman–Crippen MR) is 106 cm³/mol. The first-order valence-corrected chi connectivity index (χ1v) is 9.93. The molecule has 0 amide bonds. The van der Waals surface area contributed by atoms with Gasteiger partial charge in [-0.1, -0.05) is 0 Å². The van der Waals surface area contributed by atoms with Crippen molar-refractivity contribution in [3.05, 3.63) is 48.0 Å². The second kappa shape index (κ2) is 9.23. The Morgan fingerprint density at radius 1 is 1.14 bits per heavy atom. The van der Waals surface area contributed by atoms with Crippen molar-refractivity contribution in [2.45, 2.75) is 11.8 Å². The van der Waals surface area contributed by atoms with E-state index in [0.717, 1.165) is 5.69 Å². The van der Waals surface area contributed by atoms with Gasteiger partial charge in [0.15, 0.2) is 12.9 Å². The van der Waals surface area contributed by atoms with Crippen LogP contribution in [0.1, 0.15) is 17.3 Å². The standard InChI is InChI=1S/C19H22N2O6S/c1-4-26-19(23)13-27-16-6-8-17(9-7-16)28(24,25)20-18-10-5-15(21(2)3)11-14(18)12-22/h5-12,20H,4,13H2,1-3H3. The van der Waals surface area contributed by atoms with Crippen LogP contribution in [0.4, 0.5) is 11.4 Å². The van der Waals surface area contributed by atoms with Crippen molar-refractivity contribution in [1.29, 1.82) is 0 Å². The highest BCUT2D eigenvalue weighted by Gasteiger charge is 2.17. The van der Waals surface area contributed by atoms with Crippen molar-refractivity contribution < 1.29 is 27.5 Å². The predicted octanol–water partition coefficient (Wildman–Crippen LogP) is 2.31. The van der Waals surface area contributed by atoms with E-state index in [9.17, 15) is 18.0 Å². The van der Waals surface area contributed by atoms with E-state index in [4.69, 9.17) is 9.47 Å². The van der Waals surface area contributed by atoms with E-state index in [-0.39, 0.29) is 29.4 Å². The van der Waals surface area contributed by atoms with Crippen molar-refractivity contribution in [2.24, 2.45) is 0 Å². The molecule has 0 aliphatic carbocycles. The number of nitrogens with one attached hydrogen (secondary N) is 1. The van der Waals surface area contributed by atoms with Gasteiger partial charge in [-0.2, -0.15) is 0 Å². The first-order valence-electron chi connectivity index (χ1n) is 8.44. The highest BCUT2D eigenvalue weighted by atomic mass is 32.2. The molecule has 0 saturated carbocycles. The number of sulfonamides is 1. The molecule has 0 aliphatic heterocycles. The summed E-state index contributed by atoms with van der Waals surface area (Å²) in [7, 11) is -0.268. The Morgan fingerprint density at radius 3 is 2.39 bits per heavy atom. The van der Waals surface area contributed by atoms with Crippen molar-refractivity contribution >= 4 is 33.7 Å². The largest absolute Gasteiger partial charge is 0.482 e. The molecule has 28 heavy (non-hydrogen) atoms. The van der Waals surface area contributed by atoms with Gasteiger partial charge in [-0.3, -0.25) is 9.52 Å². The molecule has 0 bridgehead atoms. The van der Waals surface area contributed by atoms with E-state index in [1.807, 2.05) is 14.1 Å². The Balaban J connectivity index is 2.14. The molecule has 0 heterocycles. The number of anilines is 2. The fraction of sp³-hybridized carbons (Fsp3) is 0.263. The highest BCUT2D eigenvalue weighted by Crippen LogP contribution is 2.24. The van der Waals surface area contributed by atoms with Crippen LogP contribution in [0.3, 0.4) is 0 Å². The summed E-state index contributed by atoms with van der Waals surface area (Å²) in [6, 6.07) is 10.4. The third-order valence-electron chi connectivity index (χ3n) is 3.72. The number of aldehydes is 1. The van der Waals surface area contributed by atoms with Gasteiger partial charge < -0.3 is 14.4 Å². The lowest BCUT2D eigenvalue weighted by Gasteiger charge is -2.15. The average molecular weight is 406 g/mol. The number of rotatable bonds is 9. The molecule has 0 fully saturated rings. The van der Waals surface area contributed by atoms with Gasteiger partial charge in [0.1, 0.15) is 5.75 Å². The quantitative estimate of drug-likeness (QED) is 0.504. The van der Waals surface area contributed by atoms with Gasteiger partial charge in [-0.25, -0.2) is 13.2 Å². The molecule has 0 saturated heterocycles. The normalized spacial score (nSPS) is 10.8. The molecular weight excluding hydrogens is 384 g/mol. The Hall–Kier alpha value is -3.07. The first kappa shape index (κ1) is 21.2. The lowest BCUT2D eigenvalue weighted by Crippen LogP contribution is -2.16. The summed E-state index contributed by atoms with van der Waals surface area (Å²) in [4.78, 5) is 24.4. The molecule has 0 atom stereocenters. The molecule has 150 valence electrons. The molecule has 0 aromatic heterocycles. The lowest BCUT2D eigenvalue weighted by atomic mass is 10.1. The fourth-order valence-electron chi connectivity index (χ4n) is 2.28. The molecule has 1 N–H and O–H groups in total. The van der Waals surface area contributed by atoms with E-state index in [0.29, 0.717) is 12.0 Å². The Bertz CT molecular complexity index is 939. The molecule has 2 aromatic rings. The number of carbonyl (C=O) groups excluding carboxylic acids is 2. The number of nitrogens with zero attached hydrogens (tertiary/aromatic N) is 1. The van der Waals surface area contributed by atoms with Gasteiger partial charge in [0.05, 0.1) is 17.2 Å². The first-order chi connectivity index (χ1) is 13.3. The van der Waals surface area contributed by atoms with Gasteiger partial charge >= 0.3 is 5.97 Å². The highest BCUT2D eigenvalue weighted by molar-refractivity contribution is 7.92. The Labute approximate surface area is 164 Å². The third-order valence-corrected chi connectivity index (χ3v) is 5.10. The number of hydrogen-bond acceptors (Lipinski definition) is 7. The van der Waals surface area contributed by atoms with Gasteiger partial charge in [-0.05, 0) is 49.4 Å². The maximum atomic E-state index is 12.6. The Morgan fingerprint density at radius 2 is 1.82 bits per heavy atom. The van der Waals surface area contributed by atoms with Crippen LogP contribution in [0.5, 0.6) is 5.75 Å². The zero-order chi connectivity index (χ0) is 20.7. The topological polar surface area (TPSA) is 102 Å². The second-order valence-corrected chi connectivity index (χ2v) is 7.64. The summed E-state index contributed by atoms with van der Waals surface area (Å²) in [5.74, 6) is -0.181. The maximum Gasteiger partial charge on any atom is 0.344 e. The van der Waals surface area contributed by atoms with Gasteiger partial charge in [0, 0.05) is 25.3 Å². The number of benzene rings is 2. The zero-order valence-electron chi connectivity index (χ0n) is 15.8. The van der Waals surface area contributed by atoms with E-state index in [2.05, 4.69) is 4.72 Å². The molecule has 9 heteroatoms. The molecular formula is C19H22N2O6S. The van der Waals surface area contributed by atoms with Crippen LogP contribution >= 0.6 is 0 Å². The van der Waals surface area contributed by atoms with Crippen molar-refractivity contribution in [3.63, 3.8) is 0 Å². The molecule has 0 aliphatic rings. The SMILES string of the molecule is CCOC(=O)COc1ccc(S(=O)(=O)Nc2ccc(N(C)C)cc2C=O)cc1. The van der Waals surface area contributed by atoms with Gasteiger partial charge in [0.2, 0.25) is 0 Å². The van der Waals surface area contributed by atoms with Crippen LogP contribution in [0.2, 0.25) is 0 Å². The molecule has 0 spiro atoms. The summed E-state index contributed by atoms with van der Waals surface area (Å²) in [6.07, 6.45) is 0.594. The molecule has 8 nitrogen and oxygen atoms in total. The van der Waals surface area contributed by atoms with E-state index in [1.165, 1.54) is 30.3 Å². The summed E-state index contributed by atoms with van der Waals surface area (Å²) in [5.41, 5.74) is 1.18. The summed E-state index contributed by atoms with van der Waals surface area (Å²) in [5, 5.41) is 0. The fourth-order valence-corrected chi connectivity index (χ4v) is 3.37. The number of ether oxygens (including phenoxy) is 2. The van der Waals surface area contributed by atoms with Crippen molar-refractivity contribution in [3.8, 4) is 5.75 Å². The monoisotopic (exact) mass is 406 g/mol. The van der Waals surface area contributed by atoms with Crippen molar-refractivity contribution in [2.75, 3.05) is 36.9 Å². The minimum absolute atomic E-state index is 0.00970. The zero-order valence-corrected chi connectivity index (χ0v) is 16.7. The van der Waals surface area contributed by atoms with Crippen LogP contribution in [0.15, 0.2) is 47.4 Å². The molecule has 2 rings (SSSR count). The van der Waals surface area contributed by atoms with Crippen LogP contribution < -0.4 is 14.4 Å². The summed E-state index contributed by atoms with van der Waals surface area (Å²) < 4.78 is 37.6. The third kappa shape index (κ3) is 5.46.